The van der Waals surface area contributed by atoms with Crippen LogP contribution in [0, 0.1) is 0 Å². The number of Topliss-reactive ketones (excluding diaryl/α,β-unsaturated/α-hetero) is 1. The second kappa shape index (κ2) is 32.9. The maximum Gasteiger partial charge on any atom is 0.410 e. The van der Waals surface area contributed by atoms with Crippen molar-refractivity contribution in [3.63, 3.8) is 0 Å². The number of nitrogens with zero attached hydrogens (tertiary/aromatic N) is 12. The highest BCUT2D eigenvalue weighted by Gasteiger charge is 2.31. The Balaban J connectivity index is 0.000000175. The Morgan fingerprint density at radius 2 is 0.933 bits per heavy atom. The zero-order chi connectivity index (χ0) is 65.9. The zero-order valence-electron chi connectivity index (χ0n) is 52.8. The van der Waals surface area contributed by atoms with Crippen LogP contribution in [0.15, 0.2) is 37.2 Å². The van der Waals surface area contributed by atoms with Crippen molar-refractivity contribution in [1.29, 1.82) is 0 Å². The molecule has 5 aliphatic heterocycles. The number of ether oxygens (including phenoxy) is 3. The lowest BCUT2D eigenvalue weighted by atomic mass is 10.1. The van der Waals surface area contributed by atoms with Crippen molar-refractivity contribution < 1.29 is 47.8 Å². The van der Waals surface area contributed by atoms with Crippen molar-refractivity contribution in [3.05, 3.63) is 84.6 Å². The average Bonchev–Trinajstić information content (AvgIpc) is 4.43. The number of nitrogen functional groups attached to an aromatic ring is 1. The topological polar surface area (TPSA) is 337 Å². The summed E-state index contributed by atoms with van der Waals surface area (Å²) in [5.74, 6) is 0.823. The van der Waals surface area contributed by atoms with E-state index >= 15 is 0 Å². The third-order valence-electron chi connectivity index (χ3n) is 12.3. The van der Waals surface area contributed by atoms with E-state index in [2.05, 4.69) is 66.0 Å². The summed E-state index contributed by atoms with van der Waals surface area (Å²) in [5.41, 5.74) is 8.43. The summed E-state index contributed by atoms with van der Waals surface area (Å²) in [5, 5.41) is 14.4. The second-order valence-electron chi connectivity index (χ2n) is 23.6. The minimum atomic E-state index is -0.494. The fraction of sp³-hybridized carbons (Fsp3) is 0.534. The van der Waals surface area contributed by atoms with Crippen molar-refractivity contribution >= 4 is 125 Å². The number of halogens is 1. The lowest BCUT2D eigenvalue weighted by Crippen LogP contribution is -2.41. The Hall–Kier alpha value is -7.58. The summed E-state index contributed by atoms with van der Waals surface area (Å²) in [4.78, 5) is 124. The highest BCUT2D eigenvalue weighted by Crippen LogP contribution is 2.32. The zero-order valence-corrected chi connectivity index (χ0v) is 56.8. The number of amides is 6. The predicted molar refractivity (Wildman–Crippen MR) is 348 cm³/mol. The molecule has 1 fully saturated rings. The van der Waals surface area contributed by atoms with E-state index in [4.69, 9.17) is 31.5 Å². The van der Waals surface area contributed by atoms with Crippen molar-refractivity contribution in [3.8, 4) is 0 Å². The Morgan fingerprint density at radius 3 is 1.36 bits per heavy atom. The molecule has 11 heterocycles. The third kappa shape index (κ3) is 24.7. The van der Waals surface area contributed by atoms with Gasteiger partial charge < -0.3 is 60.8 Å². The predicted octanol–water partition coefficient (Wildman–Crippen LogP) is 9.33. The Kier molecular flexibility index (Phi) is 26.2. The van der Waals surface area contributed by atoms with Crippen LogP contribution in [0.5, 0.6) is 0 Å². The van der Waals surface area contributed by atoms with Gasteiger partial charge in [-0.05, 0) is 62.3 Å². The van der Waals surface area contributed by atoms with E-state index in [0.29, 0.717) is 79.1 Å². The Labute approximate surface area is 544 Å². The van der Waals surface area contributed by atoms with Crippen LogP contribution in [-0.2, 0) is 85.3 Å². The van der Waals surface area contributed by atoms with E-state index in [-0.39, 0.29) is 41.8 Å². The molecular weight excluding hydrogens is 1260 g/mol. The summed E-state index contributed by atoms with van der Waals surface area (Å²) < 4.78 is 15.9. The molecule has 90 heavy (non-hydrogen) atoms. The summed E-state index contributed by atoms with van der Waals surface area (Å²) in [6, 6.07) is 0. The molecule has 488 valence electrons. The first-order chi connectivity index (χ1) is 42.3. The van der Waals surface area contributed by atoms with Crippen molar-refractivity contribution in [2.75, 3.05) is 65.9 Å². The SMILES string of the molecule is CC(=O)Nc1nc2c(s1)CN(C(=O)OC(C)(C)C)CC2.CC(=O)Nc1nc2c(s1)CN(c1cnccn1)CC2.CC(=O)Nc1nc2c(s1)CNCC2.CC(C)(C)OC(=O)N1CCC(=O)CC1.CC(C)(C)OC(=O)N1CCc2nc(N)sc2C1.Clc1cnccn1. The number of carbonyl (C=O) groups excluding carboxylic acids is 7. The van der Waals surface area contributed by atoms with Gasteiger partial charge in [-0.2, -0.15) is 0 Å². The number of hydrogen-bond donors (Lipinski definition) is 5. The summed E-state index contributed by atoms with van der Waals surface area (Å²) >= 11 is 11.3. The van der Waals surface area contributed by atoms with Crippen molar-refractivity contribution in [2.24, 2.45) is 0 Å². The van der Waals surface area contributed by atoms with Crippen molar-refractivity contribution in [2.45, 2.75) is 165 Å². The summed E-state index contributed by atoms with van der Waals surface area (Å²) in [6.07, 6.45) is 13.0. The minimum absolute atomic E-state index is 0.0564. The average molecular weight is 1340 g/mol. The molecule has 5 aliphatic rings. The molecule has 0 spiro atoms. The number of anilines is 5. The highest BCUT2D eigenvalue weighted by atomic mass is 35.5. The van der Waals surface area contributed by atoms with Crippen LogP contribution >= 0.6 is 56.9 Å². The van der Waals surface area contributed by atoms with Gasteiger partial charge in [-0.25, -0.2) is 44.3 Å². The van der Waals surface area contributed by atoms with Gasteiger partial charge in [0.15, 0.2) is 20.5 Å². The van der Waals surface area contributed by atoms with Crippen LogP contribution < -0.4 is 31.9 Å². The van der Waals surface area contributed by atoms with Crippen LogP contribution in [0.3, 0.4) is 0 Å². The number of nitrogens with one attached hydrogen (secondary N) is 4. The van der Waals surface area contributed by atoms with Gasteiger partial charge in [-0.3, -0.25) is 29.1 Å². The number of likely N-dealkylation sites (tertiary alicyclic amines) is 1. The lowest BCUT2D eigenvalue weighted by molar-refractivity contribution is -0.121. The molecule has 1 saturated heterocycles. The smallest absolute Gasteiger partial charge is 0.410 e. The molecule has 6 aromatic rings. The molecule has 0 radical (unpaired) electrons. The van der Waals surface area contributed by atoms with Crippen LogP contribution in [0.2, 0.25) is 5.15 Å². The van der Waals surface area contributed by atoms with Crippen LogP contribution in [0.4, 0.5) is 40.7 Å². The van der Waals surface area contributed by atoms with Gasteiger partial charge >= 0.3 is 18.3 Å². The molecule has 27 nitrogen and oxygen atoms in total. The minimum Gasteiger partial charge on any atom is -0.444 e. The number of piperidine rings is 1. The van der Waals surface area contributed by atoms with Gasteiger partial charge in [-0.15, -0.1) is 22.7 Å². The van der Waals surface area contributed by atoms with E-state index < -0.39 is 16.8 Å². The van der Waals surface area contributed by atoms with Crippen LogP contribution in [-0.4, -0.2) is 152 Å². The first kappa shape index (κ1) is 71.5. The van der Waals surface area contributed by atoms with Gasteiger partial charge in [0.1, 0.15) is 33.6 Å². The molecule has 32 heteroatoms. The monoisotopic (exact) mass is 1340 g/mol. The molecular formula is C58H80ClN17O10S4. The quantitative estimate of drug-likeness (QED) is 0.103. The van der Waals surface area contributed by atoms with Gasteiger partial charge in [0.05, 0.1) is 54.8 Å². The fourth-order valence-corrected chi connectivity index (χ4v) is 12.7. The first-order valence-electron chi connectivity index (χ1n) is 29.0. The number of nitrogens with two attached hydrogens (primary N) is 1. The fourth-order valence-electron chi connectivity index (χ4n) is 8.50. The number of carbonyl (C=O) groups is 7. The summed E-state index contributed by atoms with van der Waals surface area (Å²) in [6.45, 7) is 27.9. The van der Waals surface area contributed by atoms with Gasteiger partial charge in [0.25, 0.3) is 0 Å². The lowest BCUT2D eigenvalue weighted by Gasteiger charge is -2.29. The highest BCUT2D eigenvalue weighted by molar-refractivity contribution is 7.16. The molecule has 6 aromatic heterocycles. The first-order valence-corrected chi connectivity index (χ1v) is 32.6. The van der Waals surface area contributed by atoms with E-state index in [0.717, 1.165) is 88.9 Å². The standard InChI is InChI=1S/C13H19N3O3S.C12H13N5OS.C11H17N3O2S.C10H17NO3.C8H11N3OS.C4H3ClN2/c1-8(17)14-11-15-9-5-6-16(7-10(9)20-11)12(18)19-13(2,3)4;1-8(18)15-12-16-9-2-5-17(7-10(9)19-12)11-6-13-3-4-14-11;1-11(2,3)16-10(15)14-5-4-7-8(6-14)17-9(12)13-7;1-10(2,3)14-9(13)11-6-4-8(12)5-7-11;1-5(12)10-8-11-6-2-3-9-4-7(6)13-8;5-4-3-6-1-2-7-4/h5-7H2,1-4H3,(H,14,15,17);3-4,6H,2,5,7H2,1H3,(H,15,16,18);4-6H2,1-3H3,(H2,12,13);4-7H2,1-3H3;9H,2-4H2,1H3,(H,10,11,12);1-3H. The number of aromatic nitrogens is 8. The molecule has 11 rings (SSSR count). The maximum absolute atomic E-state index is 12.0. The molecule has 0 bridgehead atoms. The van der Waals surface area contributed by atoms with Gasteiger partial charge in [-0.1, -0.05) is 34.3 Å². The van der Waals surface area contributed by atoms with E-state index in [9.17, 15) is 33.6 Å². The molecule has 0 aliphatic carbocycles. The van der Waals surface area contributed by atoms with E-state index in [1.165, 1.54) is 70.7 Å². The number of fused-ring (bicyclic) bond motifs is 4. The van der Waals surface area contributed by atoms with Crippen molar-refractivity contribution in [1.82, 2.24) is 59.9 Å². The van der Waals surface area contributed by atoms with E-state index in [1.807, 2.05) is 62.3 Å². The Bertz CT molecular complexity index is 3370. The molecule has 0 atom stereocenters. The molecule has 6 amide bonds. The van der Waals surface area contributed by atoms with E-state index in [1.54, 1.807) is 57.0 Å². The van der Waals surface area contributed by atoms with Crippen LogP contribution in [0.1, 0.15) is 138 Å². The largest absolute Gasteiger partial charge is 0.444 e. The molecule has 6 N–H and O–H groups in total. The van der Waals surface area contributed by atoms with Gasteiger partial charge in [0.2, 0.25) is 17.7 Å². The number of rotatable bonds is 4. The van der Waals surface area contributed by atoms with Gasteiger partial charge in [0, 0.05) is 149 Å². The Morgan fingerprint density at radius 1 is 0.522 bits per heavy atom. The third-order valence-corrected chi connectivity index (χ3v) is 16.5. The summed E-state index contributed by atoms with van der Waals surface area (Å²) in [7, 11) is 0. The molecule has 0 aromatic carbocycles. The number of hydrogen-bond acceptors (Lipinski definition) is 25. The maximum atomic E-state index is 12.0. The second-order valence-corrected chi connectivity index (χ2v) is 28.4. The molecule has 0 unspecified atom stereocenters. The normalized spacial score (nSPS) is 14.9. The van der Waals surface area contributed by atoms with Crippen LogP contribution in [0.25, 0.3) is 0 Å². The number of ketones is 1. The number of thiazole rings is 4. The molecule has 0 saturated carbocycles.